The Hall–Kier alpha value is -3.61. The number of benzene rings is 2. The molecule has 7 heteroatoms. The number of phenolic OH excluding ortho intramolecular Hbond substituents is 1. The van der Waals surface area contributed by atoms with Gasteiger partial charge < -0.3 is 20.1 Å². The molecule has 3 rings (SSSR count). The first kappa shape index (κ1) is 17.2. The number of amides is 1. The first-order valence-electron chi connectivity index (χ1n) is 7.87. The van der Waals surface area contributed by atoms with Gasteiger partial charge in [-0.3, -0.25) is 9.59 Å². The van der Waals surface area contributed by atoms with Gasteiger partial charge in [0.2, 0.25) is 0 Å². The zero-order valence-electron chi connectivity index (χ0n) is 14.0. The maximum Gasteiger partial charge on any atom is 0.274 e. The summed E-state index contributed by atoms with van der Waals surface area (Å²) in [4.78, 5) is 31.1. The minimum absolute atomic E-state index is 0.0188. The van der Waals surface area contributed by atoms with Gasteiger partial charge in [0.1, 0.15) is 23.0 Å². The Kier molecular flexibility index (Phi) is 4.98. The van der Waals surface area contributed by atoms with Crippen LogP contribution in [-0.2, 0) is 6.42 Å². The van der Waals surface area contributed by atoms with Crippen LogP contribution in [0.5, 0.6) is 11.5 Å². The molecular weight excluding hydrogens is 334 g/mol. The van der Waals surface area contributed by atoms with E-state index < -0.39 is 11.5 Å². The van der Waals surface area contributed by atoms with Crippen molar-refractivity contribution in [3.05, 3.63) is 82.0 Å². The van der Waals surface area contributed by atoms with E-state index >= 15 is 0 Å². The first-order valence-corrected chi connectivity index (χ1v) is 7.87. The SMILES string of the molecule is COc1ccc(Cc2nc(C(=O)Nc3ccc(O)cc3)cc(=O)[nH]2)cc1. The molecule has 0 saturated carbocycles. The molecule has 0 aliphatic rings. The molecule has 0 bridgehead atoms. The Morgan fingerprint density at radius 2 is 1.85 bits per heavy atom. The average molecular weight is 351 g/mol. The highest BCUT2D eigenvalue weighted by Gasteiger charge is 2.11. The number of H-pyrrole nitrogens is 1. The molecular formula is C19H17N3O4. The molecule has 0 aliphatic carbocycles. The summed E-state index contributed by atoms with van der Waals surface area (Å²) in [7, 11) is 1.59. The van der Waals surface area contributed by atoms with E-state index in [9.17, 15) is 14.7 Å². The highest BCUT2D eigenvalue weighted by atomic mass is 16.5. The van der Waals surface area contributed by atoms with Crippen molar-refractivity contribution in [3.8, 4) is 11.5 Å². The number of ether oxygens (including phenoxy) is 1. The van der Waals surface area contributed by atoms with Crippen LogP contribution < -0.4 is 15.6 Å². The van der Waals surface area contributed by atoms with Crippen molar-refractivity contribution in [3.63, 3.8) is 0 Å². The van der Waals surface area contributed by atoms with Gasteiger partial charge in [-0.1, -0.05) is 12.1 Å². The second-order valence-corrected chi connectivity index (χ2v) is 5.60. The minimum Gasteiger partial charge on any atom is -0.508 e. The number of hydrogen-bond donors (Lipinski definition) is 3. The molecule has 0 aliphatic heterocycles. The third-order valence-corrected chi connectivity index (χ3v) is 3.68. The monoisotopic (exact) mass is 351 g/mol. The van der Waals surface area contributed by atoms with Crippen LogP contribution >= 0.6 is 0 Å². The molecule has 7 nitrogen and oxygen atoms in total. The molecule has 1 amide bonds. The quantitative estimate of drug-likeness (QED) is 0.612. The summed E-state index contributed by atoms with van der Waals surface area (Å²) < 4.78 is 5.11. The van der Waals surface area contributed by atoms with Crippen LogP contribution in [0.1, 0.15) is 21.9 Å². The fraction of sp³-hybridized carbons (Fsp3) is 0.105. The number of phenols is 1. The summed E-state index contributed by atoms with van der Waals surface area (Å²) in [6.45, 7) is 0. The predicted molar refractivity (Wildman–Crippen MR) is 96.7 cm³/mol. The zero-order chi connectivity index (χ0) is 18.5. The summed E-state index contributed by atoms with van der Waals surface area (Å²) in [5.74, 6) is 0.715. The number of aromatic nitrogens is 2. The fourth-order valence-corrected chi connectivity index (χ4v) is 2.38. The highest BCUT2D eigenvalue weighted by molar-refractivity contribution is 6.02. The Bertz CT molecular complexity index is 963. The third-order valence-electron chi connectivity index (χ3n) is 3.68. The molecule has 132 valence electrons. The number of nitrogens with zero attached hydrogens (tertiary/aromatic N) is 1. The van der Waals surface area contributed by atoms with Crippen LogP contribution in [0.3, 0.4) is 0 Å². The van der Waals surface area contributed by atoms with Crippen LogP contribution in [-0.4, -0.2) is 28.1 Å². The van der Waals surface area contributed by atoms with Gasteiger partial charge in [-0.2, -0.15) is 0 Å². The molecule has 2 aromatic carbocycles. The van der Waals surface area contributed by atoms with Crippen molar-refractivity contribution in [2.45, 2.75) is 6.42 Å². The first-order chi connectivity index (χ1) is 12.5. The van der Waals surface area contributed by atoms with E-state index in [0.717, 1.165) is 17.4 Å². The van der Waals surface area contributed by atoms with Crippen molar-refractivity contribution in [1.29, 1.82) is 0 Å². The molecule has 1 aromatic heterocycles. The number of aromatic hydroxyl groups is 1. The molecule has 0 spiro atoms. The van der Waals surface area contributed by atoms with Crippen molar-refractivity contribution in [1.82, 2.24) is 9.97 Å². The van der Waals surface area contributed by atoms with E-state index in [0.29, 0.717) is 17.9 Å². The fourth-order valence-electron chi connectivity index (χ4n) is 2.38. The van der Waals surface area contributed by atoms with E-state index in [-0.39, 0.29) is 11.4 Å². The lowest BCUT2D eigenvalue weighted by Gasteiger charge is -2.07. The van der Waals surface area contributed by atoms with Crippen molar-refractivity contribution in [2.24, 2.45) is 0 Å². The van der Waals surface area contributed by atoms with Crippen LogP contribution in [0.4, 0.5) is 5.69 Å². The Balaban J connectivity index is 1.78. The number of methoxy groups -OCH3 is 1. The molecule has 1 heterocycles. The van der Waals surface area contributed by atoms with E-state index in [2.05, 4.69) is 15.3 Å². The van der Waals surface area contributed by atoms with Gasteiger partial charge in [-0.15, -0.1) is 0 Å². The largest absolute Gasteiger partial charge is 0.508 e. The molecule has 0 radical (unpaired) electrons. The lowest BCUT2D eigenvalue weighted by Crippen LogP contribution is -2.20. The number of carbonyl (C=O) groups is 1. The predicted octanol–water partition coefficient (Wildman–Crippen LogP) is 2.33. The highest BCUT2D eigenvalue weighted by Crippen LogP contribution is 2.15. The maximum absolute atomic E-state index is 12.3. The Morgan fingerprint density at radius 3 is 2.50 bits per heavy atom. The number of anilines is 1. The molecule has 3 aromatic rings. The lowest BCUT2D eigenvalue weighted by molar-refractivity contribution is 0.102. The molecule has 0 unspecified atom stereocenters. The second kappa shape index (κ2) is 7.52. The van der Waals surface area contributed by atoms with E-state index in [1.165, 1.54) is 12.1 Å². The summed E-state index contributed by atoms with van der Waals surface area (Å²) in [6, 6.07) is 14.5. The van der Waals surface area contributed by atoms with Crippen LogP contribution in [0, 0.1) is 0 Å². The van der Waals surface area contributed by atoms with Crippen LogP contribution in [0.15, 0.2) is 59.4 Å². The second-order valence-electron chi connectivity index (χ2n) is 5.60. The Labute approximate surface area is 149 Å². The summed E-state index contributed by atoms with van der Waals surface area (Å²) in [5.41, 5.74) is 1.03. The Morgan fingerprint density at radius 1 is 1.15 bits per heavy atom. The smallest absolute Gasteiger partial charge is 0.274 e. The van der Waals surface area contributed by atoms with Crippen LogP contribution in [0.2, 0.25) is 0 Å². The number of carbonyl (C=O) groups excluding carboxylic acids is 1. The molecule has 26 heavy (non-hydrogen) atoms. The zero-order valence-corrected chi connectivity index (χ0v) is 14.0. The van der Waals surface area contributed by atoms with Crippen molar-refractivity contribution >= 4 is 11.6 Å². The van der Waals surface area contributed by atoms with Gasteiger partial charge >= 0.3 is 0 Å². The normalized spacial score (nSPS) is 10.3. The van der Waals surface area contributed by atoms with Gasteiger partial charge in [-0.25, -0.2) is 4.98 Å². The average Bonchev–Trinajstić information content (AvgIpc) is 2.64. The molecule has 0 atom stereocenters. The number of nitrogens with one attached hydrogen (secondary N) is 2. The number of hydrogen-bond acceptors (Lipinski definition) is 5. The third kappa shape index (κ3) is 4.27. The topological polar surface area (TPSA) is 104 Å². The standard InChI is InChI=1S/C19H17N3O4/c1-26-15-8-2-12(3-9-15)10-17-21-16(11-18(24)22-17)19(25)20-13-4-6-14(23)7-5-13/h2-9,11,23H,10H2,1H3,(H,20,25)(H,21,22,24). The van der Waals surface area contributed by atoms with Crippen molar-refractivity contribution < 1.29 is 14.6 Å². The van der Waals surface area contributed by atoms with Gasteiger partial charge in [0, 0.05) is 18.2 Å². The van der Waals surface area contributed by atoms with Crippen molar-refractivity contribution in [2.75, 3.05) is 12.4 Å². The molecule has 0 saturated heterocycles. The summed E-state index contributed by atoms with van der Waals surface area (Å²) >= 11 is 0. The van der Waals surface area contributed by atoms with Gasteiger partial charge in [0.15, 0.2) is 0 Å². The lowest BCUT2D eigenvalue weighted by atomic mass is 10.1. The molecule has 0 fully saturated rings. The summed E-state index contributed by atoms with van der Waals surface area (Å²) in [5, 5.41) is 11.9. The molecule has 3 N–H and O–H groups in total. The van der Waals surface area contributed by atoms with Crippen LogP contribution in [0.25, 0.3) is 0 Å². The van der Waals surface area contributed by atoms with Gasteiger partial charge in [-0.05, 0) is 42.0 Å². The van der Waals surface area contributed by atoms with Gasteiger partial charge in [0.05, 0.1) is 7.11 Å². The number of rotatable bonds is 5. The van der Waals surface area contributed by atoms with E-state index in [4.69, 9.17) is 4.74 Å². The maximum atomic E-state index is 12.3. The number of aromatic amines is 1. The minimum atomic E-state index is -0.502. The van der Waals surface area contributed by atoms with Gasteiger partial charge in [0.25, 0.3) is 11.5 Å². The van der Waals surface area contributed by atoms with E-state index in [1.807, 2.05) is 24.3 Å². The summed E-state index contributed by atoms with van der Waals surface area (Å²) in [6.07, 6.45) is 0.375. The van der Waals surface area contributed by atoms with E-state index in [1.54, 1.807) is 19.2 Å².